The number of ether oxygens (including phenoxy) is 1. The molecule has 3 aromatic rings. The second kappa shape index (κ2) is 10.0. The molecule has 0 bridgehead atoms. The first-order valence-electron chi connectivity index (χ1n) is 11.2. The van der Waals surface area contributed by atoms with Crippen LogP contribution < -0.4 is 9.46 Å². The first-order valence-corrected chi connectivity index (χ1v) is 12.8. The number of benzene rings is 2. The number of nitrogens with one attached hydrogen (secondary N) is 2. The van der Waals surface area contributed by atoms with Crippen molar-refractivity contribution < 1.29 is 22.8 Å². The van der Waals surface area contributed by atoms with Crippen molar-refractivity contribution in [1.82, 2.24) is 14.9 Å². The van der Waals surface area contributed by atoms with E-state index in [9.17, 15) is 8.42 Å². The van der Waals surface area contributed by atoms with Crippen LogP contribution in [0.2, 0.25) is 0 Å². The average molecular weight is 485 g/mol. The van der Waals surface area contributed by atoms with E-state index in [0.29, 0.717) is 41.4 Å². The highest BCUT2D eigenvalue weighted by Gasteiger charge is 2.29. The third-order valence-corrected chi connectivity index (χ3v) is 7.08. The van der Waals surface area contributed by atoms with Crippen LogP contribution in [0.1, 0.15) is 49.4 Å². The molecular formula is C24H28N4O5S. The summed E-state index contributed by atoms with van der Waals surface area (Å²) in [5.74, 6) is 1.25. The number of rotatable bonds is 10. The van der Waals surface area contributed by atoms with Crippen LogP contribution in [0.25, 0.3) is 22.8 Å². The first-order chi connectivity index (χ1) is 16.3. The lowest BCUT2D eigenvalue weighted by molar-refractivity contribution is 0.242. The van der Waals surface area contributed by atoms with Crippen LogP contribution in [0, 0.1) is 5.41 Å². The van der Waals surface area contributed by atoms with Gasteiger partial charge in [-0.15, -0.1) is 0 Å². The van der Waals surface area contributed by atoms with Gasteiger partial charge in [0.2, 0.25) is 15.8 Å². The van der Waals surface area contributed by atoms with Crippen LogP contribution in [0.4, 0.5) is 0 Å². The fourth-order valence-electron chi connectivity index (χ4n) is 4.12. The van der Waals surface area contributed by atoms with Crippen molar-refractivity contribution in [3.8, 4) is 28.6 Å². The summed E-state index contributed by atoms with van der Waals surface area (Å²) < 4.78 is 38.7. The highest BCUT2D eigenvalue weighted by atomic mass is 32.2. The van der Waals surface area contributed by atoms with Crippen molar-refractivity contribution in [3.05, 3.63) is 53.1 Å². The van der Waals surface area contributed by atoms with Gasteiger partial charge in [-0.3, -0.25) is 0 Å². The molecular weight excluding hydrogens is 456 g/mol. The Morgan fingerprint density at radius 3 is 2.88 bits per heavy atom. The Kier molecular flexibility index (Phi) is 7.11. The van der Waals surface area contributed by atoms with Crippen molar-refractivity contribution in [3.63, 3.8) is 0 Å². The number of fused-ring (bicyclic) bond motifs is 1. The maximum atomic E-state index is 12.3. The van der Waals surface area contributed by atoms with E-state index in [1.807, 2.05) is 38.1 Å². The van der Waals surface area contributed by atoms with Gasteiger partial charge in [0.15, 0.2) is 0 Å². The predicted molar refractivity (Wildman–Crippen MR) is 129 cm³/mol. The van der Waals surface area contributed by atoms with E-state index in [1.165, 1.54) is 6.21 Å². The Morgan fingerprint density at radius 2 is 2.15 bits per heavy atom. The standard InChI is InChI=1S/C24H28N4O5S/c1-15(2)32-22-10-7-16(13-17(22)14-25)24-26-23(27-33-24)20-6-3-5-19-18(20)8-9-21(19)28-34(30,31)12-4-11-29/h3,5-7,10,13-15,21,25,28-29H,4,8-9,11-12H2,1-2H3/t21-/m1/s1. The van der Waals surface area contributed by atoms with Gasteiger partial charge in [-0.25, -0.2) is 13.1 Å². The molecule has 0 saturated carbocycles. The van der Waals surface area contributed by atoms with Crippen LogP contribution in [0.3, 0.4) is 0 Å². The minimum absolute atomic E-state index is 0.0114. The minimum Gasteiger partial charge on any atom is -0.490 e. The Hall–Kier alpha value is -3.08. The van der Waals surface area contributed by atoms with Gasteiger partial charge in [0, 0.05) is 35.6 Å². The summed E-state index contributed by atoms with van der Waals surface area (Å²) >= 11 is 0. The fraction of sp³-hybridized carbons (Fsp3) is 0.375. The van der Waals surface area contributed by atoms with E-state index >= 15 is 0 Å². The quantitative estimate of drug-likeness (QED) is 0.375. The van der Waals surface area contributed by atoms with Gasteiger partial charge >= 0.3 is 0 Å². The van der Waals surface area contributed by atoms with E-state index in [0.717, 1.165) is 16.7 Å². The molecule has 1 aliphatic rings. The Morgan fingerprint density at radius 1 is 1.32 bits per heavy atom. The molecule has 2 aromatic carbocycles. The molecule has 1 aromatic heterocycles. The van der Waals surface area contributed by atoms with E-state index in [1.54, 1.807) is 12.1 Å². The molecule has 34 heavy (non-hydrogen) atoms. The van der Waals surface area contributed by atoms with Crippen molar-refractivity contribution in [2.24, 2.45) is 0 Å². The number of aliphatic hydroxyl groups excluding tert-OH is 1. The van der Waals surface area contributed by atoms with E-state index < -0.39 is 10.0 Å². The molecule has 9 nitrogen and oxygen atoms in total. The van der Waals surface area contributed by atoms with Gasteiger partial charge in [-0.05, 0) is 62.4 Å². The molecule has 0 saturated heterocycles. The van der Waals surface area contributed by atoms with Crippen molar-refractivity contribution in [2.75, 3.05) is 12.4 Å². The number of aliphatic hydroxyl groups is 1. The van der Waals surface area contributed by atoms with Gasteiger partial charge in [-0.2, -0.15) is 4.98 Å². The third kappa shape index (κ3) is 5.19. The number of nitrogens with zero attached hydrogens (tertiary/aromatic N) is 2. The summed E-state index contributed by atoms with van der Waals surface area (Å²) in [5.41, 5.74) is 3.98. The molecule has 0 aliphatic heterocycles. The van der Waals surface area contributed by atoms with E-state index in [2.05, 4.69) is 14.9 Å². The molecule has 0 amide bonds. The summed E-state index contributed by atoms with van der Waals surface area (Å²) in [6, 6.07) is 10.7. The first kappa shape index (κ1) is 24.1. The molecule has 4 rings (SSSR count). The Bertz CT molecular complexity index is 1290. The second-order valence-electron chi connectivity index (χ2n) is 8.47. The lowest BCUT2D eigenvalue weighted by Crippen LogP contribution is -2.29. The van der Waals surface area contributed by atoms with Crippen LogP contribution >= 0.6 is 0 Å². The van der Waals surface area contributed by atoms with E-state index in [-0.39, 0.29) is 30.9 Å². The SMILES string of the molecule is CC(C)Oc1ccc(-c2nc(-c3cccc4c3CC[C@H]4NS(=O)(=O)CCCO)no2)cc1C=N. The largest absolute Gasteiger partial charge is 0.490 e. The third-order valence-electron chi connectivity index (χ3n) is 5.61. The zero-order chi connectivity index (χ0) is 24.3. The van der Waals surface area contributed by atoms with Crippen LogP contribution in [0.15, 0.2) is 40.9 Å². The topological polar surface area (TPSA) is 138 Å². The molecule has 0 fully saturated rings. The molecule has 1 heterocycles. The monoisotopic (exact) mass is 484 g/mol. The Balaban J connectivity index is 1.60. The Labute approximate surface area is 198 Å². The highest BCUT2D eigenvalue weighted by Crippen LogP contribution is 2.38. The van der Waals surface area contributed by atoms with Crippen molar-refractivity contribution in [1.29, 1.82) is 5.41 Å². The molecule has 0 radical (unpaired) electrons. The summed E-state index contributed by atoms with van der Waals surface area (Å²) in [6.07, 6.45) is 2.73. The molecule has 1 atom stereocenters. The van der Waals surface area contributed by atoms with Crippen LogP contribution in [-0.2, 0) is 16.4 Å². The normalized spacial score (nSPS) is 15.5. The molecule has 10 heteroatoms. The maximum Gasteiger partial charge on any atom is 0.258 e. The van der Waals surface area contributed by atoms with Gasteiger partial charge in [-0.1, -0.05) is 23.4 Å². The predicted octanol–water partition coefficient (Wildman–Crippen LogP) is 3.48. The summed E-state index contributed by atoms with van der Waals surface area (Å²) in [4.78, 5) is 4.57. The lowest BCUT2D eigenvalue weighted by atomic mass is 10.0. The van der Waals surface area contributed by atoms with E-state index in [4.69, 9.17) is 19.8 Å². The molecule has 0 unspecified atom stereocenters. The van der Waals surface area contributed by atoms with Crippen molar-refractivity contribution >= 4 is 16.2 Å². The lowest BCUT2D eigenvalue weighted by Gasteiger charge is -2.14. The number of sulfonamides is 1. The smallest absolute Gasteiger partial charge is 0.258 e. The molecule has 1 aliphatic carbocycles. The minimum atomic E-state index is -3.49. The van der Waals surface area contributed by atoms with Crippen LogP contribution in [0.5, 0.6) is 5.75 Å². The summed E-state index contributed by atoms with van der Waals surface area (Å²) in [7, 11) is -3.49. The summed E-state index contributed by atoms with van der Waals surface area (Å²) in [6.45, 7) is 3.69. The zero-order valence-electron chi connectivity index (χ0n) is 19.1. The molecule has 0 spiro atoms. The van der Waals surface area contributed by atoms with Gasteiger partial charge in [0.1, 0.15) is 5.75 Å². The number of hydrogen-bond donors (Lipinski definition) is 3. The van der Waals surface area contributed by atoms with Gasteiger partial charge in [0.25, 0.3) is 5.89 Å². The zero-order valence-corrected chi connectivity index (χ0v) is 19.9. The van der Waals surface area contributed by atoms with Crippen molar-refractivity contribution in [2.45, 2.75) is 45.3 Å². The highest BCUT2D eigenvalue weighted by molar-refractivity contribution is 7.89. The van der Waals surface area contributed by atoms with Crippen LogP contribution in [-0.4, -0.2) is 48.3 Å². The average Bonchev–Trinajstić information content (AvgIpc) is 3.45. The number of aromatic nitrogens is 2. The number of hydrogen-bond acceptors (Lipinski definition) is 8. The molecule has 3 N–H and O–H groups in total. The fourth-order valence-corrected chi connectivity index (χ4v) is 5.43. The maximum absolute atomic E-state index is 12.3. The second-order valence-corrected chi connectivity index (χ2v) is 10.3. The summed E-state index contributed by atoms with van der Waals surface area (Å²) in [5, 5.41) is 20.8. The molecule has 180 valence electrons. The van der Waals surface area contributed by atoms with Gasteiger partial charge in [0.05, 0.1) is 11.9 Å². The van der Waals surface area contributed by atoms with Gasteiger partial charge < -0.3 is 19.8 Å².